The second-order valence-corrected chi connectivity index (χ2v) is 3.46. The number of rotatable bonds is 2. The molecule has 0 spiro atoms. The third-order valence-electron chi connectivity index (χ3n) is 1.96. The van der Waals surface area contributed by atoms with E-state index in [1.165, 1.54) is 0 Å². The van der Waals surface area contributed by atoms with Crippen LogP contribution >= 0.6 is 0 Å². The summed E-state index contributed by atoms with van der Waals surface area (Å²) in [6, 6.07) is 8.72. The number of hydrogen-bond acceptors (Lipinski definition) is 2. The first-order chi connectivity index (χ1) is 7.15. The Morgan fingerprint density at radius 1 is 1.27 bits per heavy atom. The third-order valence-corrected chi connectivity index (χ3v) is 1.96. The molecule has 0 aliphatic heterocycles. The molecular weight excluding hydrogens is 186 g/mol. The van der Waals surface area contributed by atoms with Crippen LogP contribution in [0.25, 0.3) is 0 Å². The summed E-state index contributed by atoms with van der Waals surface area (Å²) in [4.78, 5) is 11.6. The number of Topliss-reactive ketones (excluding diaryl/α,β-unsaturated/α-hetero) is 1. The molecule has 74 valence electrons. The van der Waals surface area contributed by atoms with E-state index in [0.717, 1.165) is 5.56 Å². The minimum atomic E-state index is 0.000965. The number of ketones is 1. The van der Waals surface area contributed by atoms with Gasteiger partial charge in [-0.3, -0.25) is 4.79 Å². The molecule has 0 aromatic heterocycles. The Bertz CT molecular complexity index is 452. The third kappa shape index (κ3) is 2.97. The minimum absolute atomic E-state index is 0.000965. The molecule has 0 N–H and O–H groups in total. The topological polar surface area (TPSA) is 40.9 Å². The SMILES string of the molecule is CC(C)C(=O)c1ccc(C#CC#N)cc1. The first-order valence-electron chi connectivity index (χ1n) is 4.69. The van der Waals surface area contributed by atoms with Crippen molar-refractivity contribution in [3.63, 3.8) is 0 Å². The first-order valence-corrected chi connectivity index (χ1v) is 4.69. The zero-order chi connectivity index (χ0) is 11.3. The van der Waals surface area contributed by atoms with Gasteiger partial charge in [0.1, 0.15) is 0 Å². The molecule has 0 saturated carbocycles. The van der Waals surface area contributed by atoms with E-state index in [-0.39, 0.29) is 11.7 Å². The summed E-state index contributed by atoms with van der Waals surface area (Å²) in [5.74, 6) is 5.10. The molecule has 0 amide bonds. The van der Waals surface area contributed by atoms with Crippen molar-refractivity contribution in [2.24, 2.45) is 5.92 Å². The summed E-state index contributed by atoms with van der Waals surface area (Å²) in [5.41, 5.74) is 1.43. The Hall–Kier alpha value is -2.06. The molecular formula is C13H11NO. The van der Waals surface area contributed by atoms with Crippen molar-refractivity contribution in [1.82, 2.24) is 0 Å². The van der Waals surface area contributed by atoms with Crippen molar-refractivity contribution in [3.8, 4) is 17.9 Å². The van der Waals surface area contributed by atoms with Gasteiger partial charge < -0.3 is 0 Å². The van der Waals surface area contributed by atoms with Gasteiger partial charge in [0, 0.05) is 23.0 Å². The highest BCUT2D eigenvalue weighted by Crippen LogP contribution is 2.09. The summed E-state index contributed by atoms with van der Waals surface area (Å²) in [6.45, 7) is 3.73. The van der Waals surface area contributed by atoms with Gasteiger partial charge in [-0.1, -0.05) is 31.9 Å². The normalized spacial score (nSPS) is 8.93. The fourth-order valence-corrected chi connectivity index (χ4v) is 1.15. The van der Waals surface area contributed by atoms with Crippen LogP contribution in [0.4, 0.5) is 0 Å². The highest BCUT2D eigenvalue weighted by atomic mass is 16.1. The van der Waals surface area contributed by atoms with Gasteiger partial charge >= 0.3 is 0 Å². The van der Waals surface area contributed by atoms with Crippen LogP contribution in [-0.4, -0.2) is 5.78 Å². The summed E-state index contributed by atoms with van der Waals surface area (Å²) >= 11 is 0. The van der Waals surface area contributed by atoms with E-state index in [1.807, 2.05) is 13.8 Å². The first kappa shape index (κ1) is 11.0. The van der Waals surface area contributed by atoms with E-state index < -0.39 is 0 Å². The van der Waals surface area contributed by atoms with E-state index in [4.69, 9.17) is 5.26 Å². The Labute approximate surface area is 89.5 Å². The molecule has 15 heavy (non-hydrogen) atoms. The lowest BCUT2D eigenvalue weighted by Crippen LogP contribution is -2.06. The molecule has 2 heteroatoms. The fourth-order valence-electron chi connectivity index (χ4n) is 1.15. The molecule has 0 aliphatic carbocycles. The number of carbonyl (C=O) groups excluding carboxylic acids is 1. The van der Waals surface area contributed by atoms with Crippen LogP contribution in [0.3, 0.4) is 0 Å². The van der Waals surface area contributed by atoms with Gasteiger partial charge in [-0.2, -0.15) is 5.26 Å². The average molecular weight is 197 g/mol. The zero-order valence-corrected chi connectivity index (χ0v) is 8.74. The van der Waals surface area contributed by atoms with Gasteiger partial charge in [0.2, 0.25) is 0 Å². The Morgan fingerprint density at radius 3 is 2.33 bits per heavy atom. The van der Waals surface area contributed by atoms with Crippen LogP contribution in [0.2, 0.25) is 0 Å². The lowest BCUT2D eigenvalue weighted by molar-refractivity contribution is 0.0939. The fraction of sp³-hybridized carbons (Fsp3) is 0.231. The molecule has 2 nitrogen and oxygen atoms in total. The Balaban J connectivity index is 2.91. The molecule has 0 fully saturated rings. The van der Waals surface area contributed by atoms with Gasteiger partial charge in [-0.15, -0.1) is 0 Å². The van der Waals surface area contributed by atoms with Gasteiger partial charge in [0.15, 0.2) is 11.9 Å². The van der Waals surface area contributed by atoms with Gasteiger partial charge in [-0.25, -0.2) is 0 Å². The Morgan fingerprint density at radius 2 is 1.87 bits per heavy atom. The van der Waals surface area contributed by atoms with E-state index in [9.17, 15) is 4.79 Å². The number of nitriles is 1. The second-order valence-electron chi connectivity index (χ2n) is 3.46. The standard InChI is InChI=1S/C13H11NO/c1-10(2)13(15)12-7-5-11(6-8-12)4-3-9-14/h5-8,10H,1-2H3. The van der Waals surface area contributed by atoms with Crippen molar-refractivity contribution in [2.45, 2.75) is 13.8 Å². The van der Waals surface area contributed by atoms with Crippen LogP contribution in [0.1, 0.15) is 29.8 Å². The van der Waals surface area contributed by atoms with E-state index in [0.29, 0.717) is 5.56 Å². The van der Waals surface area contributed by atoms with Crippen molar-refractivity contribution in [1.29, 1.82) is 5.26 Å². The maximum absolute atomic E-state index is 11.6. The molecule has 1 rings (SSSR count). The number of carbonyl (C=O) groups is 1. The number of nitrogens with zero attached hydrogens (tertiary/aromatic N) is 1. The molecule has 0 radical (unpaired) electrons. The summed E-state index contributed by atoms with van der Waals surface area (Å²) in [5, 5.41) is 8.27. The average Bonchev–Trinajstić information content (AvgIpc) is 2.26. The van der Waals surface area contributed by atoms with Crippen molar-refractivity contribution >= 4 is 5.78 Å². The van der Waals surface area contributed by atoms with Gasteiger partial charge in [0.25, 0.3) is 0 Å². The predicted molar refractivity (Wildman–Crippen MR) is 58.1 cm³/mol. The summed E-state index contributed by atoms with van der Waals surface area (Å²) in [7, 11) is 0. The lowest BCUT2D eigenvalue weighted by Gasteiger charge is -2.03. The zero-order valence-electron chi connectivity index (χ0n) is 8.74. The molecule has 0 bridgehead atoms. The highest BCUT2D eigenvalue weighted by molar-refractivity contribution is 5.97. The molecule has 0 saturated heterocycles. The maximum atomic E-state index is 11.6. The van der Waals surface area contributed by atoms with Crippen molar-refractivity contribution < 1.29 is 4.79 Å². The van der Waals surface area contributed by atoms with E-state index in [1.54, 1.807) is 30.3 Å². The molecule has 0 heterocycles. The molecule has 0 unspecified atom stereocenters. The largest absolute Gasteiger partial charge is 0.294 e. The van der Waals surface area contributed by atoms with Gasteiger partial charge in [-0.05, 0) is 12.1 Å². The molecule has 0 aliphatic rings. The van der Waals surface area contributed by atoms with Crippen molar-refractivity contribution in [2.75, 3.05) is 0 Å². The summed E-state index contributed by atoms with van der Waals surface area (Å²) in [6.07, 6.45) is 0. The minimum Gasteiger partial charge on any atom is -0.294 e. The van der Waals surface area contributed by atoms with Crippen LogP contribution in [0, 0.1) is 29.1 Å². The van der Waals surface area contributed by atoms with Crippen LogP contribution in [0.5, 0.6) is 0 Å². The van der Waals surface area contributed by atoms with Crippen LogP contribution in [-0.2, 0) is 0 Å². The molecule has 0 atom stereocenters. The number of hydrogen-bond donors (Lipinski definition) is 0. The predicted octanol–water partition coefficient (Wildman–Crippen LogP) is 2.40. The molecule has 1 aromatic carbocycles. The van der Waals surface area contributed by atoms with E-state index in [2.05, 4.69) is 11.8 Å². The quantitative estimate of drug-likeness (QED) is 0.539. The second kappa shape index (κ2) is 4.98. The maximum Gasteiger partial charge on any atom is 0.165 e. The van der Waals surface area contributed by atoms with Gasteiger partial charge in [0.05, 0.1) is 0 Å². The van der Waals surface area contributed by atoms with Crippen LogP contribution in [0.15, 0.2) is 24.3 Å². The van der Waals surface area contributed by atoms with E-state index >= 15 is 0 Å². The lowest BCUT2D eigenvalue weighted by atomic mass is 10.0. The van der Waals surface area contributed by atoms with Crippen molar-refractivity contribution in [3.05, 3.63) is 35.4 Å². The monoisotopic (exact) mass is 197 g/mol. The summed E-state index contributed by atoms with van der Waals surface area (Å²) < 4.78 is 0. The van der Waals surface area contributed by atoms with Crippen LogP contribution < -0.4 is 0 Å². The highest BCUT2D eigenvalue weighted by Gasteiger charge is 2.09. The smallest absolute Gasteiger partial charge is 0.165 e. The molecule has 1 aromatic rings. The Kier molecular flexibility index (Phi) is 3.66. The number of benzene rings is 1.